The highest BCUT2D eigenvalue weighted by Crippen LogP contribution is 2.36. The molecule has 0 aromatic heterocycles. The van der Waals surface area contributed by atoms with E-state index < -0.39 is 0 Å². The number of halogens is 1. The molecule has 3 heterocycles. The van der Waals surface area contributed by atoms with Gasteiger partial charge in [0, 0.05) is 79.6 Å². The normalized spacial score (nSPS) is 18.6. The van der Waals surface area contributed by atoms with Gasteiger partial charge in [-0.3, -0.25) is 0 Å². The first-order chi connectivity index (χ1) is 25.9. The van der Waals surface area contributed by atoms with Crippen LogP contribution in [0.25, 0.3) is 0 Å². The number of rotatable bonds is 9. The summed E-state index contributed by atoms with van der Waals surface area (Å²) in [6.07, 6.45) is 0.778. The Kier molecular flexibility index (Phi) is 15.9. The lowest BCUT2D eigenvalue weighted by Crippen LogP contribution is -2.46. The summed E-state index contributed by atoms with van der Waals surface area (Å²) in [4.78, 5) is 9.69. The molecule has 3 aliphatic rings. The van der Waals surface area contributed by atoms with Gasteiger partial charge in [0.05, 0.1) is 23.4 Å². The fourth-order valence-corrected chi connectivity index (χ4v) is 7.47. The summed E-state index contributed by atoms with van der Waals surface area (Å²) in [5.41, 5.74) is 7.41. The number of aliphatic hydroxyl groups is 2. The van der Waals surface area contributed by atoms with E-state index in [2.05, 4.69) is 136 Å². The molecule has 7 rings (SSSR count). The maximum Gasteiger partial charge on any atom is 0.494 e. The van der Waals surface area contributed by atoms with Gasteiger partial charge in [-0.05, 0) is 118 Å². The summed E-state index contributed by atoms with van der Waals surface area (Å²) in [6.45, 7) is 20.4. The lowest BCUT2D eigenvalue weighted by Gasteiger charge is -2.37. The average Bonchev–Trinajstić information content (AvgIpc) is 3.43. The second kappa shape index (κ2) is 19.7. The summed E-state index contributed by atoms with van der Waals surface area (Å²) in [7, 11) is -0.315. The summed E-state index contributed by atoms with van der Waals surface area (Å²) < 4.78 is 13.5. The first kappa shape index (κ1) is 45.2. The van der Waals surface area contributed by atoms with Gasteiger partial charge in [-0.25, -0.2) is 0 Å². The van der Waals surface area contributed by atoms with Crippen LogP contribution in [0.15, 0.2) is 102 Å². The summed E-state index contributed by atoms with van der Waals surface area (Å²) in [5, 5.41) is 19.9. The number of aliphatic hydroxyl groups excluding tert-OH is 2. The summed E-state index contributed by atoms with van der Waals surface area (Å²) >= 11 is 3.49. The molecular formula is C46H66BBrN4O4. The van der Waals surface area contributed by atoms with E-state index in [9.17, 15) is 10.2 Å². The van der Waals surface area contributed by atoms with Crippen LogP contribution in [0, 0.1) is 0 Å². The molecule has 3 saturated heterocycles. The smallest absolute Gasteiger partial charge is 0.399 e. The lowest BCUT2D eigenvalue weighted by molar-refractivity contribution is 0.00578. The van der Waals surface area contributed by atoms with Gasteiger partial charge in [0.2, 0.25) is 0 Å². The average molecular weight is 830 g/mol. The summed E-state index contributed by atoms with van der Waals surface area (Å²) in [5.74, 6) is 0. The van der Waals surface area contributed by atoms with E-state index in [4.69, 9.17) is 9.31 Å². The van der Waals surface area contributed by atoms with E-state index >= 15 is 0 Å². The van der Waals surface area contributed by atoms with Crippen molar-refractivity contribution in [2.45, 2.75) is 92.6 Å². The van der Waals surface area contributed by atoms with Crippen LogP contribution in [0.3, 0.4) is 0 Å². The van der Waals surface area contributed by atoms with Crippen LogP contribution < -0.4 is 25.1 Å². The molecule has 4 aromatic rings. The van der Waals surface area contributed by atoms with Gasteiger partial charge in [0.15, 0.2) is 0 Å². The predicted octanol–water partition coefficient (Wildman–Crippen LogP) is 9.25. The molecule has 0 spiro atoms. The van der Waals surface area contributed by atoms with Crippen LogP contribution in [0.5, 0.6) is 0 Å². The van der Waals surface area contributed by atoms with Gasteiger partial charge in [-0.2, -0.15) is 0 Å². The summed E-state index contributed by atoms with van der Waals surface area (Å²) in [6, 6.07) is 33.8. The number of piperazine rings is 2. The SMILES string of the molecule is C.C.CCC(O)c1ccc(N2CCN(c3ccc(B4OC(C)(C)C(C)(C)O4)cc3)CC2)cc1.CCC(O)c1ccc(N2CCN(c3ccc(Br)cc3)CC2)cc1. The molecule has 0 bridgehead atoms. The third-order valence-electron chi connectivity index (χ3n) is 11.6. The zero-order valence-electron chi connectivity index (χ0n) is 32.9. The molecule has 3 aliphatic heterocycles. The van der Waals surface area contributed by atoms with Crippen molar-refractivity contribution >= 4 is 51.3 Å². The van der Waals surface area contributed by atoms with Crippen LogP contribution in [-0.4, -0.2) is 80.9 Å². The highest BCUT2D eigenvalue weighted by molar-refractivity contribution is 9.10. The molecule has 2 unspecified atom stereocenters. The van der Waals surface area contributed by atoms with Crippen molar-refractivity contribution in [3.05, 3.63) is 113 Å². The van der Waals surface area contributed by atoms with Crippen molar-refractivity contribution in [3.8, 4) is 0 Å². The van der Waals surface area contributed by atoms with Gasteiger partial charge in [0.1, 0.15) is 0 Å². The molecular weight excluding hydrogens is 763 g/mol. The zero-order chi connectivity index (χ0) is 38.5. The minimum Gasteiger partial charge on any atom is -0.399 e. The molecule has 0 aliphatic carbocycles. The Hall–Kier alpha value is -3.54. The minimum atomic E-state index is -0.369. The van der Waals surface area contributed by atoms with Gasteiger partial charge in [0.25, 0.3) is 0 Å². The largest absolute Gasteiger partial charge is 0.494 e. The van der Waals surface area contributed by atoms with Gasteiger partial charge >= 0.3 is 7.12 Å². The molecule has 2 atom stereocenters. The molecule has 4 aromatic carbocycles. The number of hydrogen-bond acceptors (Lipinski definition) is 8. The fourth-order valence-electron chi connectivity index (χ4n) is 7.21. The van der Waals surface area contributed by atoms with Crippen LogP contribution in [-0.2, 0) is 9.31 Å². The third-order valence-corrected chi connectivity index (χ3v) is 12.1. The van der Waals surface area contributed by atoms with Gasteiger partial charge < -0.3 is 39.1 Å². The molecule has 0 saturated carbocycles. The standard InChI is InChI=1S/C25H35BN2O3.C19H23BrN2O.2CH4/c1-6-23(29)19-7-11-21(12-8-19)27-15-17-28(18-16-27)22-13-9-20(10-14-22)26-30-24(2,3)25(4,5)31-26;1-2-19(23)15-3-7-17(8-4-15)21-11-13-22(14-12-21)18-9-5-16(20)6-10-18;;/h7-14,23,29H,6,15-18H2,1-5H3;3-10,19,23H,2,11-14H2,1H3;2*1H4. The van der Waals surface area contributed by atoms with Crippen molar-refractivity contribution in [2.24, 2.45) is 0 Å². The van der Waals surface area contributed by atoms with Crippen molar-refractivity contribution in [1.82, 2.24) is 0 Å². The van der Waals surface area contributed by atoms with Gasteiger partial charge in [-0.15, -0.1) is 0 Å². The maximum atomic E-state index is 10.00. The van der Waals surface area contributed by atoms with Crippen molar-refractivity contribution < 1.29 is 19.5 Å². The fraction of sp³-hybridized carbons (Fsp3) is 0.478. The third kappa shape index (κ3) is 10.7. The van der Waals surface area contributed by atoms with Crippen LogP contribution in [0.1, 0.15) is 92.6 Å². The van der Waals surface area contributed by atoms with Crippen LogP contribution in [0.2, 0.25) is 0 Å². The van der Waals surface area contributed by atoms with E-state index in [1.807, 2.05) is 38.1 Å². The topological polar surface area (TPSA) is 71.9 Å². The monoisotopic (exact) mass is 828 g/mol. The number of benzene rings is 4. The minimum absolute atomic E-state index is 0. The van der Waals surface area contributed by atoms with Gasteiger partial charge in [-0.1, -0.05) is 81.0 Å². The van der Waals surface area contributed by atoms with Crippen molar-refractivity contribution in [1.29, 1.82) is 0 Å². The Labute approximate surface area is 346 Å². The van der Waals surface area contributed by atoms with E-state index in [0.29, 0.717) is 0 Å². The second-order valence-corrected chi connectivity index (χ2v) is 16.6. The zero-order valence-corrected chi connectivity index (χ0v) is 34.5. The Morgan fingerprint density at radius 3 is 1.07 bits per heavy atom. The molecule has 2 N–H and O–H groups in total. The second-order valence-electron chi connectivity index (χ2n) is 15.6. The molecule has 10 heteroatoms. The molecule has 3 fully saturated rings. The molecule has 8 nitrogen and oxygen atoms in total. The lowest BCUT2D eigenvalue weighted by atomic mass is 9.79. The molecule has 304 valence electrons. The Morgan fingerprint density at radius 1 is 0.518 bits per heavy atom. The van der Waals surface area contributed by atoms with Crippen molar-refractivity contribution in [3.63, 3.8) is 0 Å². The van der Waals surface area contributed by atoms with E-state index in [0.717, 1.165) is 86.3 Å². The van der Waals surface area contributed by atoms with E-state index in [1.165, 1.54) is 22.7 Å². The predicted molar refractivity (Wildman–Crippen MR) is 242 cm³/mol. The quantitative estimate of drug-likeness (QED) is 0.162. The first-order valence-electron chi connectivity index (χ1n) is 19.6. The molecule has 0 amide bonds. The number of hydrogen-bond donors (Lipinski definition) is 2. The number of anilines is 4. The highest BCUT2D eigenvalue weighted by Gasteiger charge is 2.51. The Balaban J connectivity index is 0.000000250. The molecule has 0 radical (unpaired) electrons. The first-order valence-corrected chi connectivity index (χ1v) is 20.4. The van der Waals surface area contributed by atoms with Crippen LogP contribution >= 0.6 is 15.9 Å². The van der Waals surface area contributed by atoms with Crippen LogP contribution in [0.4, 0.5) is 22.7 Å². The maximum absolute atomic E-state index is 10.00. The van der Waals surface area contributed by atoms with Crippen molar-refractivity contribution in [2.75, 3.05) is 72.0 Å². The molecule has 56 heavy (non-hydrogen) atoms. The Bertz CT molecular complexity index is 1740. The highest BCUT2D eigenvalue weighted by atomic mass is 79.9. The Morgan fingerprint density at radius 2 is 0.786 bits per heavy atom. The number of nitrogens with zero attached hydrogens (tertiary/aromatic N) is 4. The van der Waals surface area contributed by atoms with E-state index in [-0.39, 0.29) is 45.4 Å². The van der Waals surface area contributed by atoms with E-state index in [1.54, 1.807) is 0 Å².